The third kappa shape index (κ3) is 5.77. The minimum absolute atomic E-state index is 0.000982. The van der Waals surface area contributed by atoms with Crippen molar-refractivity contribution in [3.8, 4) is 11.5 Å². The summed E-state index contributed by atoms with van der Waals surface area (Å²) < 4.78 is 16.3. The molecule has 9 nitrogen and oxygen atoms in total. The summed E-state index contributed by atoms with van der Waals surface area (Å²) >= 11 is 0. The van der Waals surface area contributed by atoms with Crippen LogP contribution in [-0.4, -0.2) is 118 Å². The highest BCUT2D eigenvalue weighted by atomic mass is 16.5. The Kier molecular flexibility index (Phi) is 8.06. The first-order valence-electron chi connectivity index (χ1n) is 11.9. The number of likely N-dealkylation sites (tertiary alicyclic amines) is 1. The zero-order chi connectivity index (χ0) is 23.2. The first-order valence-corrected chi connectivity index (χ1v) is 11.9. The normalized spacial score (nSPS) is 22.4. The molecule has 3 heterocycles. The van der Waals surface area contributed by atoms with Gasteiger partial charge < -0.3 is 24.0 Å². The van der Waals surface area contributed by atoms with Crippen molar-refractivity contribution in [2.24, 2.45) is 0 Å². The highest BCUT2D eigenvalue weighted by Gasteiger charge is 2.33. The van der Waals surface area contributed by atoms with Gasteiger partial charge in [0.2, 0.25) is 11.8 Å². The molecule has 3 aliphatic heterocycles. The summed E-state index contributed by atoms with van der Waals surface area (Å²) in [5.41, 5.74) is 1.00. The molecule has 0 radical (unpaired) electrons. The van der Waals surface area contributed by atoms with E-state index in [4.69, 9.17) is 14.2 Å². The van der Waals surface area contributed by atoms with E-state index in [0.717, 1.165) is 62.6 Å². The zero-order valence-electron chi connectivity index (χ0n) is 19.8. The van der Waals surface area contributed by atoms with Gasteiger partial charge in [0.25, 0.3) is 0 Å². The lowest BCUT2D eigenvalue weighted by molar-refractivity contribution is -0.136. The predicted octanol–water partition coefficient (Wildman–Crippen LogP) is 0.844. The fourth-order valence-electron chi connectivity index (χ4n) is 4.98. The van der Waals surface area contributed by atoms with Crippen molar-refractivity contribution in [2.75, 3.05) is 86.3 Å². The molecule has 0 bridgehead atoms. The lowest BCUT2D eigenvalue weighted by Crippen LogP contribution is -2.53. The number of morpholine rings is 1. The third-order valence-corrected chi connectivity index (χ3v) is 6.92. The fraction of sp³-hybridized carbons (Fsp3) is 0.667. The highest BCUT2D eigenvalue weighted by molar-refractivity contribution is 5.80. The monoisotopic (exact) mass is 460 g/mol. The molecular weight excluding hydrogens is 424 g/mol. The van der Waals surface area contributed by atoms with E-state index >= 15 is 0 Å². The van der Waals surface area contributed by atoms with Crippen molar-refractivity contribution in [2.45, 2.75) is 18.9 Å². The molecule has 3 saturated heterocycles. The summed E-state index contributed by atoms with van der Waals surface area (Å²) in [4.78, 5) is 34.1. The van der Waals surface area contributed by atoms with E-state index in [1.54, 1.807) is 14.2 Å². The van der Waals surface area contributed by atoms with Crippen molar-refractivity contribution in [1.82, 2.24) is 19.6 Å². The van der Waals surface area contributed by atoms with Gasteiger partial charge in [-0.2, -0.15) is 0 Å². The van der Waals surface area contributed by atoms with Gasteiger partial charge in [0.05, 0.1) is 46.6 Å². The number of rotatable bonds is 7. The maximum absolute atomic E-state index is 13.2. The van der Waals surface area contributed by atoms with Gasteiger partial charge in [-0.15, -0.1) is 0 Å². The van der Waals surface area contributed by atoms with E-state index in [9.17, 15) is 9.59 Å². The van der Waals surface area contributed by atoms with E-state index < -0.39 is 0 Å². The molecule has 9 heteroatoms. The van der Waals surface area contributed by atoms with Gasteiger partial charge in [-0.25, -0.2) is 0 Å². The molecule has 1 atom stereocenters. The Balaban J connectivity index is 1.30. The standard InChI is InChI=1S/C24H36N4O5/c1-31-19-5-6-22(32-2)20(16-19)21-4-3-7-28(21)24(30)18-25-8-10-27(11-9-25)23(29)17-26-12-14-33-15-13-26/h5-6,16,21H,3-4,7-15,17-18H2,1-2H3. The van der Waals surface area contributed by atoms with Crippen molar-refractivity contribution < 1.29 is 23.8 Å². The second-order valence-electron chi connectivity index (χ2n) is 8.90. The minimum atomic E-state index is -0.000982. The molecule has 1 unspecified atom stereocenters. The Labute approximate surface area is 196 Å². The van der Waals surface area contributed by atoms with Gasteiger partial charge in [0.1, 0.15) is 11.5 Å². The van der Waals surface area contributed by atoms with E-state index in [0.29, 0.717) is 39.4 Å². The summed E-state index contributed by atoms with van der Waals surface area (Å²) in [6, 6.07) is 5.76. The molecule has 33 heavy (non-hydrogen) atoms. The molecule has 182 valence electrons. The number of benzene rings is 1. The summed E-state index contributed by atoms with van der Waals surface area (Å²) in [5, 5.41) is 0. The lowest BCUT2D eigenvalue weighted by Gasteiger charge is -2.37. The Morgan fingerprint density at radius 1 is 0.909 bits per heavy atom. The SMILES string of the molecule is COc1ccc(OC)c(C2CCCN2C(=O)CN2CCN(C(=O)CN3CCOCC3)CC2)c1. The zero-order valence-corrected chi connectivity index (χ0v) is 19.8. The second kappa shape index (κ2) is 11.2. The van der Waals surface area contributed by atoms with E-state index in [1.165, 1.54) is 0 Å². The molecule has 0 aromatic heterocycles. The first-order chi connectivity index (χ1) is 16.1. The van der Waals surface area contributed by atoms with Crippen LogP contribution in [-0.2, 0) is 14.3 Å². The summed E-state index contributed by atoms with van der Waals surface area (Å²) in [6.07, 6.45) is 1.89. The molecule has 0 N–H and O–H groups in total. The highest BCUT2D eigenvalue weighted by Crippen LogP contribution is 2.39. The molecule has 1 aromatic carbocycles. The third-order valence-electron chi connectivity index (χ3n) is 6.92. The van der Waals surface area contributed by atoms with Crippen LogP contribution in [0.4, 0.5) is 0 Å². The summed E-state index contributed by atoms with van der Waals surface area (Å²) in [6.45, 7) is 7.40. The minimum Gasteiger partial charge on any atom is -0.497 e. The number of piperazine rings is 1. The number of carbonyl (C=O) groups excluding carboxylic acids is 2. The van der Waals surface area contributed by atoms with Gasteiger partial charge in [0.15, 0.2) is 0 Å². The van der Waals surface area contributed by atoms with E-state index in [2.05, 4.69) is 9.80 Å². The van der Waals surface area contributed by atoms with Crippen LogP contribution < -0.4 is 9.47 Å². The number of hydrogen-bond acceptors (Lipinski definition) is 7. The van der Waals surface area contributed by atoms with Gasteiger partial charge in [-0.3, -0.25) is 19.4 Å². The van der Waals surface area contributed by atoms with Crippen LogP contribution >= 0.6 is 0 Å². The van der Waals surface area contributed by atoms with Crippen LogP contribution in [0.1, 0.15) is 24.4 Å². The van der Waals surface area contributed by atoms with Crippen molar-refractivity contribution in [3.05, 3.63) is 23.8 Å². The predicted molar refractivity (Wildman–Crippen MR) is 124 cm³/mol. The Morgan fingerprint density at radius 2 is 1.61 bits per heavy atom. The Hall–Kier alpha value is -2.36. The maximum Gasteiger partial charge on any atom is 0.237 e. The molecule has 3 fully saturated rings. The summed E-state index contributed by atoms with van der Waals surface area (Å²) in [5.74, 6) is 1.86. The Bertz CT molecular complexity index is 821. The van der Waals surface area contributed by atoms with Crippen LogP contribution in [0, 0.1) is 0 Å². The molecule has 0 saturated carbocycles. The molecule has 4 rings (SSSR count). The average molecular weight is 461 g/mol. The van der Waals surface area contributed by atoms with E-state index in [-0.39, 0.29) is 17.9 Å². The number of methoxy groups -OCH3 is 2. The quantitative estimate of drug-likeness (QED) is 0.597. The number of hydrogen-bond donors (Lipinski definition) is 0. The van der Waals surface area contributed by atoms with Crippen molar-refractivity contribution in [1.29, 1.82) is 0 Å². The van der Waals surface area contributed by atoms with Crippen molar-refractivity contribution >= 4 is 11.8 Å². The first kappa shape index (κ1) is 23.8. The number of ether oxygens (including phenoxy) is 3. The number of amides is 2. The van der Waals surface area contributed by atoms with Gasteiger partial charge in [-0.1, -0.05) is 0 Å². The molecule has 3 aliphatic rings. The maximum atomic E-state index is 13.2. The van der Waals surface area contributed by atoms with Crippen LogP contribution in [0.3, 0.4) is 0 Å². The molecular formula is C24H36N4O5. The molecule has 1 aromatic rings. The van der Waals surface area contributed by atoms with Crippen molar-refractivity contribution in [3.63, 3.8) is 0 Å². The topological polar surface area (TPSA) is 74.8 Å². The largest absolute Gasteiger partial charge is 0.497 e. The molecule has 2 amide bonds. The van der Waals surface area contributed by atoms with Crippen LogP contribution in [0.15, 0.2) is 18.2 Å². The van der Waals surface area contributed by atoms with Crippen LogP contribution in [0.25, 0.3) is 0 Å². The molecule has 0 spiro atoms. The lowest BCUT2D eigenvalue weighted by atomic mass is 10.0. The number of carbonyl (C=O) groups is 2. The smallest absolute Gasteiger partial charge is 0.237 e. The summed E-state index contributed by atoms with van der Waals surface area (Å²) in [7, 11) is 3.31. The van der Waals surface area contributed by atoms with Crippen LogP contribution in [0.2, 0.25) is 0 Å². The van der Waals surface area contributed by atoms with E-state index in [1.807, 2.05) is 28.0 Å². The fourth-order valence-corrected chi connectivity index (χ4v) is 4.98. The van der Waals surface area contributed by atoms with Gasteiger partial charge in [-0.05, 0) is 31.0 Å². The van der Waals surface area contributed by atoms with Gasteiger partial charge >= 0.3 is 0 Å². The number of nitrogens with zero attached hydrogens (tertiary/aromatic N) is 4. The van der Waals surface area contributed by atoms with Crippen LogP contribution in [0.5, 0.6) is 11.5 Å². The van der Waals surface area contributed by atoms with Gasteiger partial charge in [0, 0.05) is 51.4 Å². The second-order valence-corrected chi connectivity index (χ2v) is 8.90. The molecule has 0 aliphatic carbocycles. The Morgan fingerprint density at radius 3 is 2.30 bits per heavy atom. The average Bonchev–Trinajstić information content (AvgIpc) is 3.34.